The number of imidazole rings is 1. The van der Waals surface area contributed by atoms with Gasteiger partial charge in [0.05, 0.1) is 17.6 Å². The summed E-state index contributed by atoms with van der Waals surface area (Å²) in [5.41, 5.74) is 1.60. The first kappa shape index (κ1) is 21.8. The molecule has 0 spiro atoms. The van der Waals surface area contributed by atoms with Crippen LogP contribution in [-0.2, 0) is 17.5 Å². The second-order valence-corrected chi connectivity index (χ2v) is 8.72. The van der Waals surface area contributed by atoms with E-state index in [4.69, 9.17) is 0 Å². The van der Waals surface area contributed by atoms with Gasteiger partial charge in [-0.15, -0.1) is 0 Å². The molecule has 0 aliphatic carbocycles. The number of hydrogen-bond donors (Lipinski definition) is 1. The molecule has 1 saturated heterocycles. The van der Waals surface area contributed by atoms with E-state index in [2.05, 4.69) is 26.2 Å². The minimum Gasteiger partial charge on any atom is -0.325 e. The van der Waals surface area contributed by atoms with E-state index in [1.165, 1.54) is 4.57 Å². The van der Waals surface area contributed by atoms with Crippen LogP contribution in [0, 0.1) is 5.92 Å². The van der Waals surface area contributed by atoms with Gasteiger partial charge in [-0.3, -0.25) is 9.69 Å². The van der Waals surface area contributed by atoms with Crippen molar-refractivity contribution in [2.24, 2.45) is 5.92 Å². The number of alkyl halides is 3. The maximum Gasteiger partial charge on any atom is 0.449 e. The van der Waals surface area contributed by atoms with Gasteiger partial charge in [-0.25, -0.2) is 4.98 Å². The molecule has 1 aliphatic rings. The predicted octanol–water partition coefficient (Wildman–Crippen LogP) is 5.17. The number of fused-ring (bicyclic) bond motifs is 1. The Labute approximate surface area is 186 Å². The number of halogens is 4. The number of amides is 1. The first-order valence-corrected chi connectivity index (χ1v) is 10.9. The maximum absolute atomic E-state index is 13.5. The zero-order valence-corrected chi connectivity index (χ0v) is 18.3. The third kappa shape index (κ3) is 5.27. The number of rotatable bonds is 5. The Hall–Kier alpha value is -2.39. The molecule has 5 nitrogen and oxygen atoms in total. The molecule has 4 rings (SSSR count). The molecule has 164 valence electrons. The average molecular weight is 495 g/mol. The summed E-state index contributed by atoms with van der Waals surface area (Å²) in [6.45, 7) is 1.89. The summed E-state index contributed by atoms with van der Waals surface area (Å²) >= 11 is 3.36. The lowest BCUT2D eigenvalue weighted by molar-refractivity contribution is -0.147. The van der Waals surface area contributed by atoms with Gasteiger partial charge in [-0.05, 0) is 68.2 Å². The molecule has 1 amide bonds. The van der Waals surface area contributed by atoms with Crippen LogP contribution in [0.2, 0.25) is 0 Å². The Bertz CT molecular complexity index is 1060. The lowest BCUT2D eigenvalue weighted by Crippen LogP contribution is -2.40. The summed E-state index contributed by atoms with van der Waals surface area (Å²) in [5, 5.41) is 2.87. The maximum atomic E-state index is 13.5. The molecule has 2 heterocycles. The standard InChI is InChI=1S/C22H22BrF3N4O/c23-16-5-7-17(8-6-16)27-20(31)14-29-11-9-15(10-12-29)13-30-19-4-2-1-3-18(19)28-21(30)22(24,25)26/h1-8,15H,9-14H2,(H,27,31). The lowest BCUT2D eigenvalue weighted by atomic mass is 9.96. The van der Waals surface area contributed by atoms with Crippen molar-refractivity contribution in [3.05, 3.63) is 58.8 Å². The minimum atomic E-state index is -4.50. The Morgan fingerprint density at radius 3 is 2.45 bits per heavy atom. The number of carbonyl (C=O) groups is 1. The van der Waals surface area contributed by atoms with Gasteiger partial charge < -0.3 is 9.88 Å². The Balaban J connectivity index is 1.35. The highest BCUT2D eigenvalue weighted by Gasteiger charge is 2.38. The van der Waals surface area contributed by atoms with Crippen molar-refractivity contribution < 1.29 is 18.0 Å². The van der Waals surface area contributed by atoms with Gasteiger partial charge in [0, 0.05) is 16.7 Å². The molecular weight excluding hydrogens is 473 g/mol. The number of piperidine rings is 1. The highest BCUT2D eigenvalue weighted by atomic mass is 79.9. The van der Waals surface area contributed by atoms with Gasteiger partial charge in [0.1, 0.15) is 0 Å². The van der Waals surface area contributed by atoms with Gasteiger partial charge >= 0.3 is 6.18 Å². The first-order valence-electron chi connectivity index (χ1n) is 10.1. The topological polar surface area (TPSA) is 50.2 Å². The third-order valence-electron chi connectivity index (χ3n) is 5.55. The molecule has 2 aromatic carbocycles. The fourth-order valence-electron chi connectivity index (χ4n) is 4.00. The summed E-state index contributed by atoms with van der Waals surface area (Å²) in [6.07, 6.45) is -3.03. The number of hydrogen-bond acceptors (Lipinski definition) is 3. The summed E-state index contributed by atoms with van der Waals surface area (Å²) < 4.78 is 42.8. The van der Waals surface area contributed by atoms with Crippen molar-refractivity contribution in [3.63, 3.8) is 0 Å². The van der Waals surface area contributed by atoms with Gasteiger partial charge in [-0.1, -0.05) is 28.1 Å². The number of aromatic nitrogens is 2. The normalized spacial score (nSPS) is 16.0. The number of carbonyl (C=O) groups excluding carboxylic acids is 1. The fourth-order valence-corrected chi connectivity index (χ4v) is 4.26. The summed E-state index contributed by atoms with van der Waals surface area (Å²) in [4.78, 5) is 18.2. The van der Waals surface area contributed by atoms with Crippen LogP contribution in [0.25, 0.3) is 11.0 Å². The van der Waals surface area contributed by atoms with Crippen molar-refractivity contribution in [2.45, 2.75) is 25.6 Å². The van der Waals surface area contributed by atoms with Crippen LogP contribution in [0.4, 0.5) is 18.9 Å². The highest BCUT2D eigenvalue weighted by Crippen LogP contribution is 2.33. The average Bonchev–Trinajstić information content (AvgIpc) is 3.10. The van der Waals surface area contributed by atoms with Crippen molar-refractivity contribution >= 4 is 38.6 Å². The summed E-state index contributed by atoms with van der Waals surface area (Å²) in [7, 11) is 0. The van der Waals surface area contributed by atoms with E-state index in [9.17, 15) is 18.0 Å². The number of benzene rings is 2. The first-order chi connectivity index (χ1) is 14.8. The number of nitrogens with zero attached hydrogens (tertiary/aromatic N) is 3. The molecule has 1 fully saturated rings. The third-order valence-corrected chi connectivity index (χ3v) is 6.08. The minimum absolute atomic E-state index is 0.0965. The SMILES string of the molecule is O=C(CN1CCC(Cn2c(C(F)(F)F)nc3ccccc32)CC1)Nc1ccc(Br)cc1. The monoisotopic (exact) mass is 494 g/mol. The quantitative estimate of drug-likeness (QED) is 0.532. The van der Waals surface area contributed by atoms with E-state index in [1.807, 2.05) is 29.2 Å². The van der Waals surface area contributed by atoms with Crippen molar-refractivity contribution in [1.82, 2.24) is 14.5 Å². The Morgan fingerprint density at radius 1 is 1.10 bits per heavy atom. The number of para-hydroxylation sites is 2. The van der Waals surface area contributed by atoms with Crippen LogP contribution >= 0.6 is 15.9 Å². The lowest BCUT2D eigenvalue weighted by Gasteiger charge is -2.32. The number of nitrogens with one attached hydrogen (secondary N) is 1. The molecular formula is C22H22BrF3N4O. The zero-order chi connectivity index (χ0) is 22.0. The molecule has 1 N–H and O–H groups in total. The second kappa shape index (κ2) is 9.00. The second-order valence-electron chi connectivity index (χ2n) is 7.81. The van der Waals surface area contributed by atoms with E-state index in [-0.39, 0.29) is 24.9 Å². The van der Waals surface area contributed by atoms with Gasteiger partial charge in [0.15, 0.2) is 0 Å². The molecule has 0 saturated carbocycles. The molecule has 1 aliphatic heterocycles. The smallest absolute Gasteiger partial charge is 0.325 e. The Kier molecular flexibility index (Phi) is 6.34. The number of likely N-dealkylation sites (tertiary alicyclic amines) is 1. The van der Waals surface area contributed by atoms with Crippen LogP contribution in [0.1, 0.15) is 18.7 Å². The van der Waals surface area contributed by atoms with Crippen LogP contribution in [0.3, 0.4) is 0 Å². The molecule has 3 aromatic rings. The molecule has 0 radical (unpaired) electrons. The fraction of sp³-hybridized carbons (Fsp3) is 0.364. The van der Waals surface area contributed by atoms with Gasteiger partial charge in [0.2, 0.25) is 11.7 Å². The van der Waals surface area contributed by atoms with Gasteiger partial charge in [-0.2, -0.15) is 13.2 Å². The number of anilines is 1. The van der Waals surface area contributed by atoms with Crippen molar-refractivity contribution in [1.29, 1.82) is 0 Å². The van der Waals surface area contributed by atoms with E-state index in [1.54, 1.807) is 24.3 Å². The van der Waals surface area contributed by atoms with Crippen LogP contribution in [0.15, 0.2) is 53.0 Å². The molecule has 1 aromatic heterocycles. The predicted molar refractivity (Wildman–Crippen MR) is 117 cm³/mol. The van der Waals surface area contributed by atoms with Crippen LogP contribution in [-0.4, -0.2) is 40.0 Å². The Morgan fingerprint density at radius 2 is 1.77 bits per heavy atom. The largest absolute Gasteiger partial charge is 0.449 e. The summed E-state index contributed by atoms with van der Waals surface area (Å²) in [6, 6.07) is 14.1. The highest BCUT2D eigenvalue weighted by molar-refractivity contribution is 9.10. The van der Waals surface area contributed by atoms with E-state index >= 15 is 0 Å². The zero-order valence-electron chi connectivity index (χ0n) is 16.7. The van der Waals surface area contributed by atoms with Crippen LogP contribution < -0.4 is 5.32 Å². The van der Waals surface area contributed by atoms with E-state index < -0.39 is 12.0 Å². The molecule has 9 heteroatoms. The molecule has 0 atom stereocenters. The van der Waals surface area contributed by atoms with Crippen molar-refractivity contribution in [2.75, 3.05) is 25.0 Å². The molecule has 31 heavy (non-hydrogen) atoms. The van der Waals surface area contributed by atoms with Crippen LogP contribution in [0.5, 0.6) is 0 Å². The summed E-state index contributed by atoms with van der Waals surface area (Å²) in [5.74, 6) is -0.838. The van der Waals surface area contributed by atoms with Gasteiger partial charge in [0.25, 0.3) is 0 Å². The molecule has 0 bridgehead atoms. The van der Waals surface area contributed by atoms with E-state index in [0.29, 0.717) is 24.1 Å². The molecule has 0 unspecified atom stereocenters. The van der Waals surface area contributed by atoms with Crippen molar-refractivity contribution in [3.8, 4) is 0 Å². The van der Waals surface area contributed by atoms with E-state index in [0.717, 1.165) is 23.0 Å².